The Bertz CT molecular complexity index is 1390. The van der Waals surface area contributed by atoms with Crippen LogP contribution in [0.15, 0.2) is 45.8 Å². The van der Waals surface area contributed by atoms with Crippen molar-refractivity contribution in [3.63, 3.8) is 0 Å². The van der Waals surface area contributed by atoms with Crippen molar-refractivity contribution in [1.29, 1.82) is 0 Å². The fourth-order valence-electron chi connectivity index (χ4n) is 4.61. The van der Waals surface area contributed by atoms with Crippen LogP contribution in [0.2, 0.25) is 0 Å². The normalized spacial score (nSPS) is 19.7. The predicted molar refractivity (Wildman–Crippen MR) is 136 cm³/mol. The third kappa shape index (κ3) is 5.19. The Balaban J connectivity index is 1.33. The zero-order valence-electron chi connectivity index (χ0n) is 19.2. The Labute approximate surface area is 220 Å². The average Bonchev–Trinajstić information content (AvgIpc) is 3.53. The molecule has 2 fully saturated rings. The van der Waals surface area contributed by atoms with Gasteiger partial charge in [0.25, 0.3) is 0 Å². The number of carbonyl (C=O) groups excluding carboxylic acids is 1. The second-order valence-corrected chi connectivity index (χ2v) is 12.8. The van der Waals surface area contributed by atoms with Gasteiger partial charge >= 0.3 is 0 Å². The molecule has 3 aromatic rings. The zero-order chi connectivity index (χ0) is 25.4. The van der Waals surface area contributed by atoms with Gasteiger partial charge in [0, 0.05) is 30.1 Å². The molecule has 5 rings (SSSR count). The fourth-order valence-corrected chi connectivity index (χ4v) is 7.62. The third-order valence-electron chi connectivity index (χ3n) is 6.58. The van der Waals surface area contributed by atoms with E-state index in [-0.39, 0.29) is 35.9 Å². The van der Waals surface area contributed by atoms with Crippen LogP contribution in [0, 0.1) is 17.6 Å². The summed E-state index contributed by atoms with van der Waals surface area (Å²) < 4.78 is 61.7. The van der Waals surface area contributed by atoms with Gasteiger partial charge in [-0.2, -0.15) is 4.31 Å². The summed E-state index contributed by atoms with van der Waals surface area (Å²) in [5.41, 5.74) is 0.802. The molecule has 0 saturated carbocycles. The lowest BCUT2D eigenvalue weighted by atomic mass is 9.96. The van der Waals surface area contributed by atoms with E-state index >= 15 is 0 Å². The first kappa shape index (κ1) is 25.7. The van der Waals surface area contributed by atoms with Crippen molar-refractivity contribution in [2.75, 3.05) is 31.1 Å². The average molecular weight is 601 g/mol. The lowest BCUT2D eigenvalue weighted by Gasteiger charge is -2.33. The van der Waals surface area contributed by atoms with E-state index in [1.165, 1.54) is 15.6 Å². The first-order chi connectivity index (χ1) is 17.2. The van der Waals surface area contributed by atoms with Crippen molar-refractivity contribution in [3.8, 4) is 0 Å². The van der Waals surface area contributed by atoms with Crippen molar-refractivity contribution < 1.29 is 26.7 Å². The van der Waals surface area contributed by atoms with Gasteiger partial charge < -0.3 is 4.74 Å². The summed E-state index contributed by atoms with van der Waals surface area (Å²) in [6.45, 7) is 1.28. The van der Waals surface area contributed by atoms with Gasteiger partial charge in [0.15, 0.2) is 16.8 Å². The number of benzene rings is 2. The number of rotatable bonds is 6. The van der Waals surface area contributed by atoms with E-state index in [1.54, 1.807) is 4.90 Å². The van der Waals surface area contributed by atoms with Crippen LogP contribution in [0.1, 0.15) is 25.7 Å². The van der Waals surface area contributed by atoms with Gasteiger partial charge in [0.05, 0.1) is 27.8 Å². The summed E-state index contributed by atoms with van der Waals surface area (Å²) in [7, 11) is -4.00. The molecule has 1 atom stereocenters. The largest absolute Gasteiger partial charge is 0.376 e. The number of thiazole rings is 1. The van der Waals surface area contributed by atoms with E-state index in [4.69, 9.17) is 9.72 Å². The highest BCUT2D eigenvalue weighted by Gasteiger charge is 2.36. The molecule has 2 aromatic carbocycles. The van der Waals surface area contributed by atoms with Gasteiger partial charge in [-0.1, -0.05) is 27.3 Å². The van der Waals surface area contributed by atoms with Gasteiger partial charge in [-0.25, -0.2) is 22.2 Å². The molecule has 192 valence electrons. The van der Waals surface area contributed by atoms with E-state index in [2.05, 4.69) is 15.9 Å². The maximum absolute atomic E-state index is 13.7. The number of amides is 1. The molecule has 12 heteroatoms. The number of anilines is 1. The molecule has 1 amide bonds. The van der Waals surface area contributed by atoms with Gasteiger partial charge in [-0.05, 0) is 62.1 Å². The van der Waals surface area contributed by atoms with Crippen molar-refractivity contribution >= 4 is 58.5 Å². The first-order valence-corrected chi connectivity index (χ1v) is 14.7. The summed E-state index contributed by atoms with van der Waals surface area (Å²) >= 11 is 4.91. The number of sulfonamides is 1. The SMILES string of the molecule is O=C(C1CCN(S(=O)(=O)c2ccc(F)c(F)c2)CC1)N(CC1CCCO1)c1nc2ccc(Br)cc2s1. The summed E-state index contributed by atoms with van der Waals surface area (Å²) in [6.07, 6.45) is 2.38. The minimum Gasteiger partial charge on any atom is -0.376 e. The molecule has 3 heterocycles. The van der Waals surface area contributed by atoms with E-state index < -0.39 is 21.7 Å². The van der Waals surface area contributed by atoms with Crippen LogP contribution < -0.4 is 4.90 Å². The van der Waals surface area contributed by atoms with E-state index in [1.807, 2.05) is 18.2 Å². The molecule has 2 saturated heterocycles. The quantitative estimate of drug-likeness (QED) is 0.400. The Morgan fingerprint density at radius 2 is 1.92 bits per heavy atom. The number of nitrogens with zero attached hydrogens (tertiary/aromatic N) is 3. The molecule has 1 unspecified atom stereocenters. The minimum atomic E-state index is -4.00. The molecule has 0 bridgehead atoms. The highest BCUT2D eigenvalue weighted by molar-refractivity contribution is 9.10. The Hall–Kier alpha value is -1.99. The molecular formula is C24H24BrF2N3O4S2. The monoisotopic (exact) mass is 599 g/mol. The molecule has 1 aromatic heterocycles. The maximum Gasteiger partial charge on any atom is 0.243 e. The second-order valence-electron chi connectivity index (χ2n) is 8.95. The standard InChI is InChI=1S/C24H24BrF2N3O4S2/c25-16-3-6-21-22(12-16)35-24(28-21)30(14-17-2-1-11-34-17)23(31)15-7-9-29(10-8-15)36(32,33)18-4-5-19(26)20(27)13-18/h3-6,12-13,15,17H,1-2,7-11,14H2. The lowest BCUT2D eigenvalue weighted by Crippen LogP contribution is -2.46. The number of halogens is 3. The molecule has 2 aliphatic heterocycles. The van der Waals surface area contributed by atoms with Crippen LogP contribution in [-0.2, 0) is 19.6 Å². The Morgan fingerprint density at radius 1 is 1.14 bits per heavy atom. The number of hydrogen-bond acceptors (Lipinski definition) is 6. The maximum atomic E-state index is 13.7. The second kappa shape index (κ2) is 10.4. The topological polar surface area (TPSA) is 79.8 Å². The number of ether oxygens (including phenoxy) is 1. The lowest BCUT2D eigenvalue weighted by molar-refractivity contribution is -0.123. The number of fused-ring (bicyclic) bond motifs is 1. The number of hydrogen-bond donors (Lipinski definition) is 0. The number of aromatic nitrogens is 1. The molecule has 0 N–H and O–H groups in total. The molecular weight excluding hydrogens is 576 g/mol. The highest BCUT2D eigenvalue weighted by Crippen LogP contribution is 2.34. The van der Waals surface area contributed by atoms with Crippen LogP contribution in [-0.4, -0.2) is 56.0 Å². The number of carbonyl (C=O) groups is 1. The number of piperidine rings is 1. The van der Waals surface area contributed by atoms with Gasteiger partial charge in [-0.15, -0.1) is 0 Å². The van der Waals surface area contributed by atoms with Crippen LogP contribution in [0.3, 0.4) is 0 Å². The van der Waals surface area contributed by atoms with E-state index in [9.17, 15) is 22.0 Å². The van der Waals surface area contributed by atoms with Gasteiger partial charge in [0.2, 0.25) is 15.9 Å². The predicted octanol–water partition coefficient (Wildman–Crippen LogP) is 4.95. The third-order valence-corrected chi connectivity index (χ3v) is 10.0. The van der Waals surface area contributed by atoms with Crippen molar-refractivity contribution in [2.45, 2.75) is 36.7 Å². The molecule has 36 heavy (non-hydrogen) atoms. The van der Waals surface area contributed by atoms with Crippen molar-refractivity contribution in [2.24, 2.45) is 5.92 Å². The van der Waals surface area contributed by atoms with Crippen molar-refractivity contribution in [1.82, 2.24) is 9.29 Å². The Kier molecular flexibility index (Phi) is 7.42. The molecule has 2 aliphatic rings. The zero-order valence-corrected chi connectivity index (χ0v) is 22.4. The molecule has 7 nitrogen and oxygen atoms in total. The molecule has 0 radical (unpaired) electrons. The summed E-state index contributed by atoms with van der Waals surface area (Å²) in [4.78, 5) is 19.8. The van der Waals surface area contributed by atoms with Gasteiger partial charge in [-0.3, -0.25) is 9.69 Å². The Morgan fingerprint density at radius 3 is 2.61 bits per heavy atom. The molecule has 0 aliphatic carbocycles. The minimum absolute atomic E-state index is 0.0680. The van der Waals surface area contributed by atoms with Crippen molar-refractivity contribution in [3.05, 3.63) is 52.5 Å². The van der Waals surface area contributed by atoms with Crippen LogP contribution >= 0.6 is 27.3 Å². The van der Waals surface area contributed by atoms with Crippen LogP contribution in [0.25, 0.3) is 10.2 Å². The summed E-state index contributed by atoms with van der Waals surface area (Å²) in [5.74, 6) is -2.81. The van der Waals surface area contributed by atoms with Gasteiger partial charge in [0.1, 0.15) is 0 Å². The first-order valence-electron chi connectivity index (χ1n) is 11.7. The highest BCUT2D eigenvalue weighted by atomic mass is 79.9. The van der Waals surface area contributed by atoms with Crippen LogP contribution in [0.4, 0.5) is 13.9 Å². The van der Waals surface area contributed by atoms with Crippen LogP contribution in [0.5, 0.6) is 0 Å². The summed E-state index contributed by atoms with van der Waals surface area (Å²) in [5, 5.41) is 0.598. The summed E-state index contributed by atoms with van der Waals surface area (Å²) in [6, 6.07) is 8.32. The molecule has 0 spiro atoms. The fraction of sp³-hybridized carbons (Fsp3) is 0.417. The van der Waals surface area contributed by atoms with E-state index in [0.29, 0.717) is 37.2 Å². The van der Waals surface area contributed by atoms with E-state index in [0.717, 1.165) is 39.7 Å². The smallest absolute Gasteiger partial charge is 0.243 e.